The molecule has 1 heterocycles. The molecule has 1 atom stereocenters. The van der Waals surface area contributed by atoms with E-state index in [1.54, 1.807) is 24.3 Å². The van der Waals surface area contributed by atoms with Crippen LogP contribution in [0.25, 0.3) is 0 Å². The Morgan fingerprint density at radius 3 is 2.79 bits per heavy atom. The molecule has 76 valence electrons. The van der Waals surface area contributed by atoms with Crippen LogP contribution in [0.1, 0.15) is 12.0 Å². The lowest BCUT2D eigenvalue weighted by Gasteiger charge is -2.33. The van der Waals surface area contributed by atoms with Crippen LogP contribution in [0.3, 0.4) is 0 Å². The SMILES string of the molecule is OC1(C(F)F)CCSc2ccccc21. The van der Waals surface area contributed by atoms with Crippen LogP contribution in [-0.2, 0) is 5.60 Å². The van der Waals surface area contributed by atoms with Crippen LogP contribution in [0.5, 0.6) is 0 Å². The van der Waals surface area contributed by atoms with Crippen LogP contribution in [0.15, 0.2) is 29.2 Å². The van der Waals surface area contributed by atoms with Crippen molar-refractivity contribution in [3.63, 3.8) is 0 Å². The Bertz CT molecular complexity index is 343. The second-order valence-corrected chi connectivity index (χ2v) is 4.46. The summed E-state index contributed by atoms with van der Waals surface area (Å²) in [5.74, 6) is 0.540. The molecule has 0 amide bonds. The molecule has 0 aliphatic carbocycles. The van der Waals surface area contributed by atoms with Crippen LogP contribution in [0, 0.1) is 0 Å². The van der Waals surface area contributed by atoms with Crippen LogP contribution in [0.4, 0.5) is 8.78 Å². The summed E-state index contributed by atoms with van der Waals surface area (Å²) in [6.07, 6.45) is -2.60. The quantitative estimate of drug-likeness (QED) is 0.778. The lowest BCUT2D eigenvalue weighted by molar-refractivity contribution is -0.106. The molecule has 1 aromatic rings. The van der Waals surface area contributed by atoms with Crippen LogP contribution >= 0.6 is 11.8 Å². The van der Waals surface area contributed by atoms with Gasteiger partial charge >= 0.3 is 0 Å². The minimum Gasteiger partial charge on any atom is -0.379 e. The van der Waals surface area contributed by atoms with E-state index in [9.17, 15) is 13.9 Å². The Balaban J connectivity index is 2.50. The van der Waals surface area contributed by atoms with Crippen molar-refractivity contribution < 1.29 is 13.9 Å². The molecule has 14 heavy (non-hydrogen) atoms. The summed E-state index contributed by atoms with van der Waals surface area (Å²) in [5, 5.41) is 9.84. The zero-order chi connectivity index (χ0) is 10.2. The first-order valence-corrected chi connectivity index (χ1v) is 5.36. The number of thioether (sulfide) groups is 1. The molecule has 0 saturated carbocycles. The van der Waals surface area contributed by atoms with Gasteiger partial charge in [-0.05, 0) is 12.5 Å². The van der Waals surface area contributed by atoms with Crippen molar-refractivity contribution in [3.8, 4) is 0 Å². The molecule has 0 fully saturated rings. The minimum absolute atomic E-state index is 0.117. The molecule has 1 N–H and O–H groups in total. The molecular formula is C10H10F2OS. The fourth-order valence-corrected chi connectivity index (χ4v) is 2.84. The monoisotopic (exact) mass is 216 g/mol. The third-order valence-electron chi connectivity index (χ3n) is 2.46. The van der Waals surface area contributed by atoms with Gasteiger partial charge in [0.15, 0.2) is 5.60 Å². The van der Waals surface area contributed by atoms with Crippen molar-refractivity contribution in [1.29, 1.82) is 0 Å². The molecule has 1 aromatic carbocycles. The van der Waals surface area contributed by atoms with E-state index in [0.29, 0.717) is 11.3 Å². The number of alkyl halides is 2. The Kier molecular flexibility index (Phi) is 2.49. The largest absolute Gasteiger partial charge is 0.379 e. The van der Waals surface area contributed by atoms with Crippen molar-refractivity contribution in [3.05, 3.63) is 29.8 Å². The predicted molar refractivity (Wildman–Crippen MR) is 51.7 cm³/mol. The molecule has 1 aliphatic heterocycles. The van der Waals surface area contributed by atoms with E-state index >= 15 is 0 Å². The topological polar surface area (TPSA) is 20.2 Å². The first-order valence-electron chi connectivity index (χ1n) is 4.37. The number of halogens is 2. The van der Waals surface area contributed by atoms with E-state index in [-0.39, 0.29) is 6.42 Å². The molecule has 0 radical (unpaired) electrons. The van der Waals surface area contributed by atoms with Crippen molar-refractivity contribution in [2.24, 2.45) is 0 Å². The number of benzene rings is 1. The van der Waals surface area contributed by atoms with Gasteiger partial charge in [0.2, 0.25) is 0 Å². The van der Waals surface area contributed by atoms with Crippen molar-refractivity contribution in [1.82, 2.24) is 0 Å². The molecular weight excluding hydrogens is 206 g/mol. The Morgan fingerprint density at radius 2 is 2.07 bits per heavy atom. The molecule has 1 aliphatic rings. The van der Waals surface area contributed by atoms with Crippen molar-refractivity contribution >= 4 is 11.8 Å². The van der Waals surface area contributed by atoms with Crippen LogP contribution in [-0.4, -0.2) is 17.3 Å². The van der Waals surface area contributed by atoms with Gasteiger partial charge in [0.1, 0.15) is 0 Å². The summed E-state index contributed by atoms with van der Waals surface area (Å²) in [7, 11) is 0. The second kappa shape index (κ2) is 3.51. The van der Waals surface area contributed by atoms with E-state index in [1.165, 1.54) is 11.8 Å². The van der Waals surface area contributed by atoms with Gasteiger partial charge in [-0.1, -0.05) is 18.2 Å². The number of fused-ring (bicyclic) bond motifs is 1. The molecule has 0 saturated heterocycles. The number of hydrogen-bond acceptors (Lipinski definition) is 2. The highest BCUT2D eigenvalue weighted by atomic mass is 32.2. The van der Waals surface area contributed by atoms with Gasteiger partial charge in [-0.15, -0.1) is 11.8 Å². The summed E-state index contributed by atoms with van der Waals surface area (Å²) in [6, 6.07) is 6.82. The summed E-state index contributed by atoms with van der Waals surface area (Å²) >= 11 is 1.52. The van der Waals surface area contributed by atoms with Gasteiger partial charge < -0.3 is 5.11 Å². The third-order valence-corrected chi connectivity index (χ3v) is 3.53. The lowest BCUT2D eigenvalue weighted by atomic mass is 9.91. The average Bonchev–Trinajstić information content (AvgIpc) is 2.18. The minimum atomic E-state index is -2.72. The van der Waals surface area contributed by atoms with Crippen molar-refractivity contribution in [2.75, 3.05) is 5.75 Å². The van der Waals surface area contributed by atoms with Gasteiger partial charge in [0, 0.05) is 16.2 Å². The van der Waals surface area contributed by atoms with Gasteiger partial charge in [-0.2, -0.15) is 0 Å². The maximum Gasteiger partial charge on any atom is 0.271 e. The Labute approximate surface area is 85.1 Å². The number of hydrogen-bond donors (Lipinski definition) is 1. The van der Waals surface area contributed by atoms with Crippen LogP contribution in [0.2, 0.25) is 0 Å². The highest BCUT2D eigenvalue weighted by Crippen LogP contribution is 2.43. The van der Waals surface area contributed by atoms with E-state index < -0.39 is 12.0 Å². The van der Waals surface area contributed by atoms with Gasteiger partial charge in [0.05, 0.1) is 0 Å². The predicted octanol–water partition coefficient (Wildman–Crippen LogP) is 2.64. The van der Waals surface area contributed by atoms with Gasteiger partial charge in [-0.3, -0.25) is 0 Å². The Morgan fingerprint density at radius 1 is 1.36 bits per heavy atom. The first-order chi connectivity index (χ1) is 6.64. The zero-order valence-corrected chi connectivity index (χ0v) is 8.23. The van der Waals surface area contributed by atoms with Crippen molar-refractivity contribution in [2.45, 2.75) is 23.3 Å². The van der Waals surface area contributed by atoms with Gasteiger partial charge in [0.25, 0.3) is 6.43 Å². The highest BCUT2D eigenvalue weighted by molar-refractivity contribution is 7.99. The Hall–Kier alpha value is -0.610. The van der Waals surface area contributed by atoms with E-state index in [2.05, 4.69) is 0 Å². The first kappa shape index (κ1) is 9.93. The van der Waals surface area contributed by atoms with Crippen LogP contribution < -0.4 is 0 Å². The normalized spacial score (nSPS) is 26.3. The van der Waals surface area contributed by atoms with E-state index in [4.69, 9.17) is 0 Å². The average molecular weight is 216 g/mol. The summed E-state index contributed by atoms with van der Waals surface area (Å²) in [4.78, 5) is 0.765. The molecule has 1 nitrogen and oxygen atoms in total. The molecule has 4 heteroatoms. The molecule has 0 bridgehead atoms. The molecule has 2 rings (SSSR count). The standard InChI is InChI=1S/C10H10F2OS/c11-9(12)10(13)5-6-14-8-4-2-1-3-7(8)10/h1-4,9,13H,5-6H2. The fourth-order valence-electron chi connectivity index (χ4n) is 1.63. The number of aliphatic hydroxyl groups is 1. The highest BCUT2D eigenvalue weighted by Gasteiger charge is 2.42. The molecule has 0 aromatic heterocycles. The smallest absolute Gasteiger partial charge is 0.271 e. The zero-order valence-electron chi connectivity index (χ0n) is 7.41. The summed E-state index contributed by atoms with van der Waals surface area (Å²) in [6.45, 7) is 0. The third kappa shape index (κ3) is 1.42. The number of rotatable bonds is 1. The summed E-state index contributed by atoms with van der Waals surface area (Å²) in [5.41, 5.74) is -1.58. The molecule has 0 spiro atoms. The molecule has 1 unspecified atom stereocenters. The van der Waals surface area contributed by atoms with E-state index in [0.717, 1.165) is 4.90 Å². The lowest BCUT2D eigenvalue weighted by Crippen LogP contribution is -2.37. The van der Waals surface area contributed by atoms with Gasteiger partial charge in [-0.25, -0.2) is 8.78 Å². The fraction of sp³-hybridized carbons (Fsp3) is 0.400. The van der Waals surface area contributed by atoms with E-state index in [1.807, 2.05) is 0 Å². The maximum absolute atomic E-state index is 12.7. The second-order valence-electron chi connectivity index (χ2n) is 3.32. The maximum atomic E-state index is 12.7. The summed E-state index contributed by atoms with van der Waals surface area (Å²) < 4.78 is 25.4.